The van der Waals surface area contributed by atoms with Gasteiger partial charge in [-0.2, -0.15) is 0 Å². The number of allylic oxidation sites excluding steroid dienone is 1. The summed E-state index contributed by atoms with van der Waals surface area (Å²) in [6.45, 7) is 6.37. The van der Waals surface area contributed by atoms with E-state index in [2.05, 4.69) is 26.0 Å². The number of carbonyl (C=O) groups excluding carboxylic acids is 1. The van der Waals surface area contributed by atoms with Crippen molar-refractivity contribution in [3.63, 3.8) is 0 Å². The highest BCUT2D eigenvalue weighted by Crippen LogP contribution is 2.39. The van der Waals surface area contributed by atoms with Gasteiger partial charge in [-0.3, -0.25) is 4.79 Å². The van der Waals surface area contributed by atoms with Crippen molar-refractivity contribution in [2.75, 3.05) is 0 Å². The average molecular weight is 402 g/mol. The zero-order valence-corrected chi connectivity index (χ0v) is 17.2. The van der Waals surface area contributed by atoms with Crippen LogP contribution in [-0.4, -0.2) is 5.78 Å². The van der Waals surface area contributed by atoms with E-state index in [4.69, 9.17) is 9.47 Å². The third-order valence-corrected chi connectivity index (χ3v) is 5.22. The van der Waals surface area contributed by atoms with Crippen molar-refractivity contribution in [1.29, 1.82) is 0 Å². The van der Waals surface area contributed by atoms with Gasteiger partial charge in [-0.1, -0.05) is 50.2 Å². The lowest BCUT2D eigenvalue weighted by Crippen LogP contribution is -1.98. The summed E-state index contributed by atoms with van der Waals surface area (Å²) in [6.07, 6.45) is 1.76. The molecule has 3 aromatic rings. The molecule has 3 nitrogen and oxygen atoms in total. The monoisotopic (exact) mass is 402 g/mol. The Morgan fingerprint density at radius 1 is 1.07 bits per heavy atom. The lowest BCUT2D eigenvalue weighted by atomic mass is 10.0. The van der Waals surface area contributed by atoms with E-state index in [0.29, 0.717) is 28.7 Å². The smallest absolute Gasteiger partial charge is 0.231 e. The molecule has 0 amide bonds. The molecule has 0 saturated heterocycles. The van der Waals surface area contributed by atoms with Crippen LogP contribution in [0.4, 0.5) is 4.39 Å². The van der Waals surface area contributed by atoms with E-state index in [1.54, 1.807) is 30.3 Å². The minimum absolute atomic E-state index is 0.141. The molecule has 0 spiro atoms. The summed E-state index contributed by atoms with van der Waals surface area (Å²) in [6, 6.07) is 17.9. The van der Waals surface area contributed by atoms with Crippen LogP contribution in [0.5, 0.6) is 11.5 Å². The molecular formula is C26H23FO3. The van der Waals surface area contributed by atoms with Crippen molar-refractivity contribution >= 4 is 11.9 Å². The molecule has 0 saturated carbocycles. The first kappa shape index (κ1) is 19.9. The van der Waals surface area contributed by atoms with Crippen LogP contribution in [0, 0.1) is 12.7 Å². The van der Waals surface area contributed by atoms with Gasteiger partial charge in [0.2, 0.25) is 5.78 Å². The highest BCUT2D eigenvalue weighted by Gasteiger charge is 2.30. The molecule has 0 atom stereocenters. The number of Topliss-reactive ketones (excluding diaryl/α,β-unsaturated/α-hetero) is 1. The van der Waals surface area contributed by atoms with E-state index in [0.717, 1.165) is 16.7 Å². The molecule has 1 aliphatic rings. The molecule has 0 fully saturated rings. The van der Waals surface area contributed by atoms with E-state index in [9.17, 15) is 9.18 Å². The van der Waals surface area contributed by atoms with Gasteiger partial charge in [0.25, 0.3) is 0 Å². The highest BCUT2D eigenvalue weighted by atomic mass is 19.1. The number of halogens is 1. The number of benzene rings is 3. The fraction of sp³-hybridized carbons (Fsp3) is 0.192. The number of ketones is 1. The maximum absolute atomic E-state index is 13.4. The molecule has 1 heterocycles. The zero-order valence-electron chi connectivity index (χ0n) is 17.2. The Bertz CT molecular complexity index is 1130. The van der Waals surface area contributed by atoms with Crippen LogP contribution in [0.2, 0.25) is 0 Å². The normalized spacial score (nSPS) is 14.2. The van der Waals surface area contributed by atoms with Crippen molar-refractivity contribution in [2.24, 2.45) is 0 Å². The second-order valence-electron chi connectivity index (χ2n) is 7.75. The van der Waals surface area contributed by atoms with Gasteiger partial charge in [0, 0.05) is 5.56 Å². The van der Waals surface area contributed by atoms with E-state index < -0.39 is 0 Å². The lowest BCUT2D eigenvalue weighted by molar-refractivity contribution is 0.101. The number of ether oxygens (including phenoxy) is 2. The van der Waals surface area contributed by atoms with Gasteiger partial charge in [-0.25, -0.2) is 4.39 Å². The van der Waals surface area contributed by atoms with E-state index in [1.807, 2.05) is 19.1 Å². The van der Waals surface area contributed by atoms with Crippen molar-refractivity contribution in [1.82, 2.24) is 0 Å². The Balaban J connectivity index is 1.54. The molecule has 4 heteroatoms. The SMILES string of the molecule is Cc1c(OCc2cccc(F)c2)ccc2c1O/C(=C\c1ccc(C(C)C)cc1)C2=O. The summed E-state index contributed by atoms with van der Waals surface area (Å²) in [5.41, 5.74) is 4.16. The van der Waals surface area contributed by atoms with E-state index >= 15 is 0 Å². The summed E-state index contributed by atoms with van der Waals surface area (Å²) in [5, 5.41) is 0. The first-order valence-electron chi connectivity index (χ1n) is 9.97. The molecule has 1 aliphatic heterocycles. The quantitative estimate of drug-likeness (QED) is 0.460. The maximum Gasteiger partial charge on any atom is 0.231 e. The predicted molar refractivity (Wildman–Crippen MR) is 115 cm³/mol. The van der Waals surface area contributed by atoms with Crippen LogP contribution in [-0.2, 0) is 6.61 Å². The van der Waals surface area contributed by atoms with Crippen LogP contribution in [0.3, 0.4) is 0 Å². The third kappa shape index (κ3) is 3.99. The number of hydrogen-bond acceptors (Lipinski definition) is 3. The molecular weight excluding hydrogens is 379 g/mol. The Kier molecular flexibility index (Phi) is 5.40. The van der Waals surface area contributed by atoms with Crippen LogP contribution in [0.25, 0.3) is 6.08 Å². The molecule has 30 heavy (non-hydrogen) atoms. The van der Waals surface area contributed by atoms with Gasteiger partial charge in [0.05, 0.1) is 5.56 Å². The Morgan fingerprint density at radius 2 is 1.83 bits per heavy atom. The third-order valence-electron chi connectivity index (χ3n) is 5.22. The summed E-state index contributed by atoms with van der Waals surface area (Å²) >= 11 is 0. The van der Waals surface area contributed by atoms with Gasteiger partial charge in [-0.15, -0.1) is 0 Å². The Hall–Kier alpha value is -3.40. The van der Waals surface area contributed by atoms with Crippen LogP contribution in [0.1, 0.15) is 52.4 Å². The standard InChI is InChI=1S/C26H23FO3/c1-16(2)20-9-7-18(8-10-20)14-24-25(28)22-11-12-23(17(3)26(22)30-24)29-15-19-5-4-6-21(27)13-19/h4-14,16H,15H2,1-3H3/b24-14-. The van der Waals surface area contributed by atoms with Crippen LogP contribution < -0.4 is 9.47 Å². The average Bonchev–Trinajstić information content (AvgIpc) is 3.04. The minimum Gasteiger partial charge on any atom is -0.488 e. The molecule has 0 aromatic heterocycles. The summed E-state index contributed by atoms with van der Waals surface area (Å²) in [4.78, 5) is 12.8. The zero-order chi connectivity index (χ0) is 21.3. The Labute approximate surface area is 175 Å². The van der Waals surface area contributed by atoms with E-state index in [1.165, 1.54) is 17.7 Å². The van der Waals surface area contributed by atoms with Crippen molar-refractivity contribution in [3.05, 3.63) is 100 Å². The second-order valence-corrected chi connectivity index (χ2v) is 7.75. The summed E-state index contributed by atoms with van der Waals surface area (Å²) in [5.74, 6) is 1.43. The molecule has 0 bridgehead atoms. The topological polar surface area (TPSA) is 35.5 Å². The minimum atomic E-state index is -0.299. The van der Waals surface area contributed by atoms with Gasteiger partial charge in [-0.05, 0) is 59.9 Å². The molecule has 0 unspecified atom stereocenters. The number of hydrogen-bond donors (Lipinski definition) is 0. The van der Waals surface area contributed by atoms with Gasteiger partial charge < -0.3 is 9.47 Å². The molecule has 0 aliphatic carbocycles. The predicted octanol–water partition coefficient (Wildman–Crippen LogP) is 6.45. The number of fused-ring (bicyclic) bond motifs is 1. The van der Waals surface area contributed by atoms with Gasteiger partial charge in [0.15, 0.2) is 5.76 Å². The van der Waals surface area contributed by atoms with Crippen LogP contribution in [0.15, 0.2) is 66.4 Å². The largest absolute Gasteiger partial charge is 0.488 e. The molecule has 152 valence electrons. The summed E-state index contributed by atoms with van der Waals surface area (Å²) < 4.78 is 25.1. The fourth-order valence-electron chi connectivity index (χ4n) is 3.44. The van der Waals surface area contributed by atoms with Crippen LogP contribution >= 0.6 is 0 Å². The summed E-state index contributed by atoms with van der Waals surface area (Å²) in [7, 11) is 0. The molecule has 3 aromatic carbocycles. The van der Waals surface area contributed by atoms with E-state index in [-0.39, 0.29) is 18.2 Å². The van der Waals surface area contributed by atoms with Gasteiger partial charge in [0.1, 0.15) is 23.9 Å². The second kappa shape index (κ2) is 8.15. The maximum atomic E-state index is 13.4. The lowest BCUT2D eigenvalue weighted by Gasteiger charge is -2.11. The first-order chi connectivity index (χ1) is 14.4. The highest BCUT2D eigenvalue weighted by molar-refractivity contribution is 6.14. The molecule has 0 N–H and O–H groups in total. The molecule has 0 radical (unpaired) electrons. The van der Waals surface area contributed by atoms with Gasteiger partial charge >= 0.3 is 0 Å². The van der Waals surface area contributed by atoms with Crippen molar-refractivity contribution in [3.8, 4) is 11.5 Å². The first-order valence-corrected chi connectivity index (χ1v) is 9.97. The Morgan fingerprint density at radius 3 is 2.53 bits per heavy atom. The number of carbonyl (C=O) groups is 1. The van der Waals surface area contributed by atoms with Crippen molar-refractivity contribution < 1.29 is 18.7 Å². The van der Waals surface area contributed by atoms with Crippen molar-refractivity contribution in [2.45, 2.75) is 33.3 Å². The molecule has 4 rings (SSSR count). The number of rotatable bonds is 5. The fourth-order valence-corrected chi connectivity index (χ4v) is 3.44.